The molecule has 4 N–H and O–H groups in total. The third kappa shape index (κ3) is 2.03. The van der Waals surface area contributed by atoms with Crippen LogP contribution in [0.2, 0.25) is 0 Å². The first-order valence-electron chi connectivity index (χ1n) is 8.33. The van der Waals surface area contributed by atoms with E-state index in [0.717, 1.165) is 38.7 Å². The van der Waals surface area contributed by atoms with Gasteiger partial charge in [-0.15, -0.1) is 0 Å². The van der Waals surface area contributed by atoms with E-state index in [-0.39, 0.29) is 5.95 Å². The van der Waals surface area contributed by atoms with Gasteiger partial charge in [-0.05, 0) is 30.3 Å². The first kappa shape index (κ1) is 14.7. The average molecular weight is 343 g/mol. The minimum absolute atomic E-state index is 0.186. The van der Waals surface area contributed by atoms with Crippen molar-refractivity contribution in [3.05, 3.63) is 54.5 Å². The number of hydrogen-bond acceptors (Lipinski definition) is 5. The smallest absolute Gasteiger partial charge is 0.222 e. The van der Waals surface area contributed by atoms with Crippen LogP contribution < -0.4 is 11.5 Å². The lowest BCUT2D eigenvalue weighted by Gasteiger charge is -2.08. The van der Waals surface area contributed by atoms with Crippen molar-refractivity contribution in [2.45, 2.75) is 6.54 Å². The Morgan fingerprint density at radius 1 is 0.885 bits per heavy atom. The minimum atomic E-state index is 0.186. The maximum absolute atomic E-state index is 5.99. The lowest BCUT2D eigenvalue weighted by Crippen LogP contribution is -2.05. The molecule has 128 valence electrons. The SMILES string of the molecule is Cn1c(Cn2ccc3c4nc(N)nc(N)c4ccc32)nc2ccccc21. The van der Waals surface area contributed by atoms with E-state index >= 15 is 0 Å². The van der Waals surface area contributed by atoms with Crippen molar-refractivity contribution in [2.75, 3.05) is 11.5 Å². The number of anilines is 2. The van der Waals surface area contributed by atoms with Gasteiger partial charge in [0.2, 0.25) is 5.95 Å². The van der Waals surface area contributed by atoms with Crippen LogP contribution in [0.15, 0.2) is 48.7 Å². The van der Waals surface area contributed by atoms with Crippen molar-refractivity contribution >= 4 is 44.6 Å². The Morgan fingerprint density at radius 2 is 1.73 bits per heavy atom. The summed E-state index contributed by atoms with van der Waals surface area (Å²) in [7, 11) is 2.04. The van der Waals surface area contributed by atoms with Crippen LogP contribution in [-0.2, 0) is 13.6 Å². The summed E-state index contributed by atoms with van der Waals surface area (Å²) >= 11 is 0. The molecule has 5 aromatic rings. The lowest BCUT2D eigenvalue weighted by atomic mass is 10.1. The molecular weight excluding hydrogens is 326 g/mol. The average Bonchev–Trinajstić information content (AvgIpc) is 3.17. The lowest BCUT2D eigenvalue weighted by molar-refractivity contribution is 0.728. The highest BCUT2D eigenvalue weighted by molar-refractivity contribution is 6.07. The number of aryl methyl sites for hydroxylation is 1. The maximum Gasteiger partial charge on any atom is 0.222 e. The number of benzene rings is 2. The Morgan fingerprint density at radius 3 is 2.58 bits per heavy atom. The van der Waals surface area contributed by atoms with Crippen molar-refractivity contribution in [2.24, 2.45) is 7.05 Å². The zero-order valence-electron chi connectivity index (χ0n) is 14.2. The largest absolute Gasteiger partial charge is 0.383 e. The zero-order chi connectivity index (χ0) is 17.8. The van der Waals surface area contributed by atoms with Gasteiger partial charge in [-0.2, -0.15) is 4.98 Å². The van der Waals surface area contributed by atoms with E-state index in [1.54, 1.807) is 0 Å². The summed E-state index contributed by atoms with van der Waals surface area (Å²) in [6.07, 6.45) is 2.04. The second-order valence-electron chi connectivity index (χ2n) is 6.38. The fourth-order valence-electron chi connectivity index (χ4n) is 3.53. The summed E-state index contributed by atoms with van der Waals surface area (Å²) in [6, 6.07) is 14.2. The molecule has 3 aromatic heterocycles. The highest BCUT2D eigenvalue weighted by Crippen LogP contribution is 2.28. The van der Waals surface area contributed by atoms with E-state index < -0.39 is 0 Å². The second kappa shape index (κ2) is 5.19. The quantitative estimate of drug-likeness (QED) is 0.513. The molecule has 3 heterocycles. The molecule has 2 aromatic carbocycles. The van der Waals surface area contributed by atoms with Gasteiger partial charge in [-0.3, -0.25) is 0 Å². The second-order valence-corrected chi connectivity index (χ2v) is 6.38. The molecule has 7 nitrogen and oxygen atoms in total. The molecule has 0 amide bonds. The topological polar surface area (TPSA) is 101 Å². The first-order valence-corrected chi connectivity index (χ1v) is 8.33. The highest BCUT2D eigenvalue weighted by atomic mass is 15.1. The Kier molecular flexibility index (Phi) is 2.94. The highest BCUT2D eigenvalue weighted by Gasteiger charge is 2.13. The van der Waals surface area contributed by atoms with Crippen molar-refractivity contribution < 1.29 is 0 Å². The summed E-state index contributed by atoms with van der Waals surface area (Å²) in [6.45, 7) is 0.663. The number of para-hydroxylation sites is 2. The standard InChI is InChI=1S/C19H17N7/c1-25-15-5-3-2-4-13(15)22-16(25)10-26-9-8-11-14(26)7-6-12-17(11)23-19(21)24-18(12)20/h2-9H,10H2,1H3,(H4,20,21,23,24). The molecule has 7 heteroatoms. The number of fused-ring (bicyclic) bond motifs is 4. The van der Waals surface area contributed by atoms with Gasteiger partial charge in [0, 0.05) is 24.0 Å². The molecule has 0 aliphatic carbocycles. The van der Waals surface area contributed by atoms with E-state index in [2.05, 4.69) is 25.2 Å². The molecule has 0 atom stereocenters. The van der Waals surface area contributed by atoms with Crippen molar-refractivity contribution in [1.82, 2.24) is 24.1 Å². The van der Waals surface area contributed by atoms with Gasteiger partial charge < -0.3 is 20.6 Å². The normalized spacial score (nSPS) is 11.7. The van der Waals surface area contributed by atoms with Gasteiger partial charge >= 0.3 is 0 Å². The van der Waals surface area contributed by atoms with Gasteiger partial charge in [0.05, 0.1) is 28.6 Å². The third-order valence-corrected chi connectivity index (χ3v) is 4.85. The van der Waals surface area contributed by atoms with Crippen molar-refractivity contribution in [1.29, 1.82) is 0 Å². The fraction of sp³-hybridized carbons (Fsp3) is 0.105. The van der Waals surface area contributed by atoms with Crippen molar-refractivity contribution in [3.8, 4) is 0 Å². The Balaban J connectivity index is 1.67. The molecule has 0 aliphatic rings. The van der Waals surface area contributed by atoms with Gasteiger partial charge in [0.15, 0.2) is 0 Å². The molecule has 0 fully saturated rings. The monoisotopic (exact) mass is 343 g/mol. The van der Waals surface area contributed by atoms with Crippen LogP contribution in [0.5, 0.6) is 0 Å². The molecule has 0 bridgehead atoms. The first-order chi connectivity index (χ1) is 12.6. The zero-order valence-corrected chi connectivity index (χ0v) is 14.2. The molecule has 0 spiro atoms. The number of aromatic nitrogens is 5. The Bertz CT molecular complexity index is 1300. The van der Waals surface area contributed by atoms with E-state index in [0.29, 0.717) is 12.4 Å². The summed E-state index contributed by atoms with van der Waals surface area (Å²) < 4.78 is 4.28. The van der Waals surface area contributed by atoms with Crippen LogP contribution in [0.25, 0.3) is 32.8 Å². The summed E-state index contributed by atoms with van der Waals surface area (Å²) in [5.41, 5.74) is 15.7. The summed E-state index contributed by atoms with van der Waals surface area (Å²) in [4.78, 5) is 13.2. The van der Waals surface area contributed by atoms with Crippen LogP contribution in [-0.4, -0.2) is 24.1 Å². The molecule has 5 rings (SSSR count). The molecule has 0 aliphatic heterocycles. The molecule has 0 unspecified atom stereocenters. The molecule has 0 saturated heterocycles. The van der Waals surface area contributed by atoms with Crippen LogP contribution in [0.4, 0.5) is 11.8 Å². The third-order valence-electron chi connectivity index (χ3n) is 4.85. The number of nitrogens with zero attached hydrogens (tertiary/aromatic N) is 5. The number of nitrogens with two attached hydrogens (primary N) is 2. The number of imidazole rings is 1. The Hall–Kier alpha value is -3.61. The molecular formula is C19H17N7. The van der Waals surface area contributed by atoms with Gasteiger partial charge in [0.25, 0.3) is 0 Å². The number of hydrogen-bond donors (Lipinski definition) is 2. The number of rotatable bonds is 2. The molecule has 26 heavy (non-hydrogen) atoms. The van der Waals surface area contributed by atoms with Crippen LogP contribution in [0.1, 0.15) is 5.82 Å². The van der Waals surface area contributed by atoms with Crippen molar-refractivity contribution in [3.63, 3.8) is 0 Å². The minimum Gasteiger partial charge on any atom is -0.383 e. The predicted molar refractivity (Wildman–Crippen MR) is 104 cm³/mol. The predicted octanol–water partition coefficient (Wildman–Crippen LogP) is 2.68. The van der Waals surface area contributed by atoms with Gasteiger partial charge in [-0.25, -0.2) is 9.97 Å². The van der Waals surface area contributed by atoms with E-state index in [1.165, 1.54) is 0 Å². The number of nitrogen functional groups attached to an aromatic ring is 2. The van der Waals surface area contributed by atoms with Crippen LogP contribution in [0.3, 0.4) is 0 Å². The maximum atomic E-state index is 5.99. The molecule has 0 saturated carbocycles. The van der Waals surface area contributed by atoms with Gasteiger partial charge in [0.1, 0.15) is 11.6 Å². The van der Waals surface area contributed by atoms with Gasteiger partial charge in [-0.1, -0.05) is 12.1 Å². The summed E-state index contributed by atoms with van der Waals surface area (Å²) in [5.74, 6) is 1.58. The van der Waals surface area contributed by atoms with E-state index in [9.17, 15) is 0 Å². The van der Waals surface area contributed by atoms with Crippen LogP contribution >= 0.6 is 0 Å². The van der Waals surface area contributed by atoms with Crippen LogP contribution in [0, 0.1) is 0 Å². The summed E-state index contributed by atoms with van der Waals surface area (Å²) in [5, 5.41) is 1.81. The Labute approximate surface area is 148 Å². The van der Waals surface area contributed by atoms with E-state index in [1.807, 2.05) is 49.6 Å². The van der Waals surface area contributed by atoms with E-state index in [4.69, 9.17) is 16.5 Å². The molecule has 0 radical (unpaired) electrons. The fourth-order valence-corrected chi connectivity index (χ4v) is 3.53.